The number of nitrogens with one attached hydrogen (secondary N) is 2. The summed E-state index contributed by atoms with van der Waals surface area (Å²) in [6.07, 6.45) is 3.78. The summed E-state index contributed by atoms with van der Waals surface area (Å²) in [5, 5.41) is 124. The molecule has 97 heavy (non-hydrogen) atoms. The molecule has 14 atom stereocenters. The molecule has 0 aromatic rings. The Morgan fingerprint density at radius 2 is 0.866 bits per heavy atom. The van der Waals surface area contributed by atoms with Crippen LogP contribution in [0.5, 0.6) is 0 Å². The van der Waals surface area contributed by atoms with Gasteiger partial charge in [0, 0.05) is 85.0 Å². The van der Waals surface area contributed by atoms with Gasteiger partial charge in [0.2, 0.25) is 11.8 Å². The molecular formula is C61H95N9O27. The van der Waals surface area contributed by atoms with Crippen molar-refractivity contribution in [3.05, 3.63) is 0 Å². The number of fused-ring (bicyclic) bond motifs is 5. The number of carbonyl (C=O) groups is 14. The Morgan fingerprint density at radius 3 is 1.22 bits per heavy atom. The van der Waals surface area contributed by atoms with Crippen LogP contribution in [0.1, 0.15) is 85.0 Å². The normalized spacial score (nSPS) is 26.1. The smallest absolute Gasteiger partial charge is 0.410 e. The van der Waals surface area contributed by atoms with Crippen LogP contribution in [0.2, 0.25) is 0 Å². The van der Waals surface area contributed by atoms with E-state index in [0.29, 0.717) is 38.0 Å². The van der Waals surface area contributed by atoms with Crippen molar-refractivity contribution in [1.29, 1.82) is 0 Å². The Morgan fingerprint density at radius 1 is 0.485 bits per heavy atom. The van der Waals surface area contributed by atoms with Crippen LogP contribution in [0.25, 0.3) is 0 Å². The fourth-order valence-corrected chi connectivity index (χ4v) is 16.2. The lowest BCUT2D eigenvalue weighted by Gasteiger charge is -2.62. The van der Waals surface area contributed by atoms with Crippen molar-refractivity contribution in [2.45, 2.75) is 109 Å². The average Bonchev–Trinajstić information content (AvgIpc) is 1.68. The molecule has 1 heterocycles. The van der Waals surface area contributed by atoms with Gasteiger partial charge in [-0.2, -0.15) is 0 Å². The van der Waals surface area contributed by atoms with Gasteiger partial charge < -0.3 is 81.5 Å². The van der Waals surface area contributed by atoms with E-state index in [1.54, 1.807) is 0 Å². The first kappa shape index (κ1) is 79.8. The first-order valence-electron chi connectivity index (χ1n) is 32.4. The third kappa shape index (κ3) is 22.8. The molecule has 0 aromatic heterocycles. The van der Waals surface area contributed by atoms with Gasteiger partial charge in [-0.25, -0.2) is 4.79 Å². The van der Waals surface area contributed by atoms with Crippen LogP contribution < -0.4 is 10.6 Å². The molecule has 1 aliphatic heterocycles. The Labute approximate surface area is 558 Å². The van der Waals surface area contributed by atoms with Crippen molar-refractivity contribution < 1.29 is 133 Å². The van der Waals surface area contributed by atoms with Gasteiger partial charge in [0.15, 0.2) is 0 Å². The number of rotatable bonds is 43. The molecule has 4 aliphatic carbocycles. The molecule has 6 unspecified atom stereocenters. The first-order chi connectivity index (χ1) is 45.4. The molecule has 0 radical (unpaired) electrons. The lowest BCUT2D eigenvalue weighted by atomic mass is 9.43. The summed E-state index contributed by atoms with van der Waals surface area (Å²) in [7, 11) is 0. The monoisotopic (exact) mass is 1390 g/mol. The molecular weight excluding hydrogens is 1290 g/mol. The van der Waals surface area contributed by atoms with Gasteiger partial charge in [0.25, 0.3) is 0 Å². The number of carboxylic acid groups (broad SMARTS) is 11. The Hall–Kier alpha value is -7.90. The number of carbonyl (C=O) groups excluding carboxylic acids is 3. The van der Waals surface area contributed by atoms with E-state index in [1.165, 1.54) is 0 Å². The summed E-state index contributed by atoms with van der Waals surface area (Å²) in [6.45, 7) is -6.67. The fourth-order valence-electron chi connectivity index (χ4n) is 16.2. The quantitative estimate of drug-likeness (QED) is 0.0308. The highest BCUT2D eigenvalue weighted by atomic mass is 16.6. The minimum Gasteiger partial charge on any atom is -0.481 e. The topological polar surface area (TPSA) is 538 Å². The van der Waals surface area contributed by atoms with Crippen LogP contribution in [0.15, 0.2) is 0 Å². The largest absolute Gasteiger partial charge is 0.481 e. The number of aliphatic hydroxyl groups is 1. The molecule has 0 spiro atoms. The van der Waals surface area contributed by atoms with E-state index in [-0.39, 0.29) is 41.4 Å². The third-order valence-electron chi connectivity index (χ3n) is 20.9. The van der Waals surface area contributed by atoms with Crippen molar-refractivity contribution >= 4 is 83.6 Å². The number of hydrogen-bond donors (Lipinski definition) is 14. The number of ether oxygens (including phenoxy) is 1. The highest BCUT2D eigenvalue weighted by molar-refractivity contribution is 5.90. The van der Waals surface area contributed by atoms with Crippen molar-refractivity contribution in [3.63, 3.8) is 0 Å². The van der Waals surface area contributed by atoms with Crippen LogP contribution in [-0.2, 0) is 67.1 Å². The summed E-state index contributed by atoms with van der Waals surface area (Å²) in [5.41, 5.74) is -0.650. The maximum absolute atomic E-state index is 14.7. The summed E-state index contributed by atoms with van der Waals surface area (Å²) in [6, 6.07) is -3.64. The van der Waals surface area contributed by atoms with Crippen molar-refractivity contribution in [2.24, 2.45) is 58.2 Å². The molecule has 5 fully saturated rings. The molecule has 36 heteroatoms. The maximum Gasteiger partial charge on any atom is 0.410 e. The Kier molecular flexibility index (Phi) is 29.7. The van der Waals surface area contributed by atoms with Crippen LogP contribution in [-0.4, -0.2) is 334 Å². The van der Waals surface area contributed by atoms with E-state index >= 15 is 0 Å². The maximum atomic E-state index is 14.7. The SMILES string of the molecule is CC(CCC(=O)O)C1CCC2C3CCC4C[C@H](OC(=O)N5C[C@@H](C(=O)NC[C@@H](C(=O)O)N(CCN(CC(=O)O)CC(=O)O)CCN(CC(=O)O)CC(=O)O)[C@H](C(=O)NC[C@@H](C(=O)O)N(CCN(CC(=O)O)CC(=O)O)CCN(CC(=O)O)CC(=O)O)C5)CC[C@]4(C)C3C[C@H](O)[C@]12C. The average molecular weight is 1390 g/mol. The third-order valence-corrected chi connectivity index (χ3v) is 20.9. The molecule has 5 rings (SSSR count). The summed E-state index contributed by atoms with van der Waals surface area (Å²) in [4.78, 5) is 182. The summed E-state index contributed by atoms with van der Waals surface area (Å²) >= 11 is 0. The second-order valence-electron chi connectivity index (χ2n) is 27.0. The highest BCUT2D eigenvalue weighted by Crippen LogP contribution is 2.68. The lowest BCUT2D eigenvalue weighted by Crippen LogP contribution is -2.59. The van der Waals surface area contributed by atoms with E-state index in [0.717, 1.165) is 60.0 Å². The molecule has 4 saturated carbocycles. The zero-order valence-electron chi connectivity index (χ0n) is 54.8. The molecule has 0 aromatic carbocycles. The Bertz CT molecular complexity index is 2600. The standard InChI is InChI=1S/C61H95N9O27/c1-34(4-9-46(72)73)40-7-8-41-37-6-5-35-20-36(10-11-60(35,2)42(37)21-45(71)61(40,41)3)97-59(96)70-24-38(55(90)62-22-43(57(92)93)68(16-12-64(26-47(74)75)27-48(76)77)17-13-65(28-49(78)79)29-50(80)81)39(25-70)56(91)63-23-44(58(94)95)69(18-14-66(30-51(82)83)31-52(84)85)19-15-67(32-53(86)87)33-54(88)89/h34-45,71H,4-33H2,1-3H3,(H,62,90)(H,63,91)(H,72,73)(H,74,75)(H,76,77)(H,78,79)(H,80,81)(H,82,83)(H,84,85)(H,86,87)(H,88,89)(H,92,93)(H,94,95)/t34?,35?,36-,37?,38-,39-,40?,41?,42?,43+,44+,45+,60+,61-/m1/s1. The van der Waals surface area contributed by atoms with Gasteiger partial charge in [-0.1, -0.05) is 20.8 Å². The molecule has 5 aliphatic rings. The zero-order chi connectivity index (χ0) is 72.4. The number of aliphatic carboxylic acids is 11. The van der Waals surface area contributed by atoms with Crippen molar-refractivity contribution in [2.75, 3.05) is 131 Å². The predicted molar refractivity (Wildman–Crippen MR) is 330 cm³/mol. The van der Waals surface area contributed by atoms with Gasteiger partial charge in [-0.3, -0.25) is 91.7 Å². The summed E-state index contributed by atoms with van der Waals surface area (Å²) < 4.78 is 6.20. The van der Waals surface area contributed by atoms with Crippen molar-refractivity contribution in [3.8, 4) is 0 Å². The van der Waals surface area contributed by atoms with Gasteiger partial charge in [-0.05, 0) is 104 Å². The second-order valence-corrected chi connectivity index (χ2v) is 27.0. The van der Waals surface area contributed by atoms with Crippen molar-refractivity contribution in [1.82, 2.24) is 44.9 Å². The molecule has 14 N–H and O–H groups in total. The van der Waals surface area contributed by atoms with E-state index in [4.69, 9.17) is 4.74 Å². The van der Waals surface area contributed by atoms with Gasteiger partial charge >= 0.3 is 71.8 Å². The first-order valence-corrected chi connectivity index (χ1v) is 32.4. The van der Waals surface area contributed by atoms with Gasteiger partial charge in [0.1, 0.15) is 18.2 Å². The van der Waals surface area contributed by atoms with Crippen LogP contribution in [0.4, 0.5) is 4.79 Å². The minimum atomic E-state index is -1.82. The van der Waals surface area contributed by atoms with Crippen LogP contribution >= 0.6 is 0 Å². The lowest BCUT2D eigenvalue weighted by molar-refractivity contribution is -0.175. The minimum absolute atomic E-state index is 0.0432. The molecule has 0 bridgehead atoms. The number of hydrogen-bond acceptors (Lipinski definition) is 22. The van der Waals surface area contributed by atoms with Gasteiger partial charge in [-0.15, -0.1) is 0 Å². The van der Waals surface area contributed by atoms with E-state index in [1.807, 2.05) is 0 Å². The zero-order valence-corrected chi connectivity index (χ0v) is 54.8. The number of amides is 3. The molecule has 36 nitrogen and oxygen atoms in total. The Balaban J connectivity index is 1.43. The summed E-state index contributed by atoms with van der Waals surface area (Å²) in [5.74, 6) is -20.1. The van der Waals surface area contributed by atoms with E-state index < -0.39 is 256 Å². The molecule has 546 valence electrons. The molecule has 1 saturated heterocycles. The van der Waals surface area contributed by atoms with Gasteiger partial charge in [0.05, 0.1) is 70.3 Å². The van der Waals surface area contributed by atoms with Crippen LogP contribution in [0.3, 0.4) is 0 Å². The number of likely N-dealkylation sites (tertiary alicyclic amines) is 1. The number of aliphatic hydroxyl groups excluding tert-OH is 1. The van der Waals surface area contributed by atoms with E-state index in [2.05, 4.69) is 31.4 Å². The number of carboxylic acids is 11. The highest BCUT2D eigenvalue weighted by Gasteiger charge is 2.64. The van der Waals surface area contributed by atoms with E-state index in [9.17, 15) is 128 Å². The van der Waals surface area contributed by atoms with Crippen LogP contribution in [0, 0.1) is 58.2 Å². The number of nitrogens with zero attached hydrogens (tertiary/aromatic N) is 7. The second kappa shape index (κ2) is 36.1. The molecule has 3 amide bonds. The fraction of sp³-hybridized carbons (Fsp3) is 0.770. The predicted octanol–water partition coefficient (Wildman–Crippen LogP) is -2.20.